The summed E-state index contributed by atoms with van der Waals surface area (Å²) in [6, 6.07) is 16.7. The number of hydrogen-bond acceptors (Lipinski definition) is 3. The van der Waals surface area contributed by atoms with Crippen LogP contribution in [-0.4, -0.2) is 32.1 Å². The molecule has 0 fully saturated rings. The molecule has 0 radical (unpaired) electrons. The van der Waals surface area contributed by atoms with Gasteiger partial charge in [0.05, 0.1) is 17.9 Å². The second kappa shape index (κ2) is 8.01. The molecule has 0 aliphatic carbocycles. The lowest BCUT2D eigenvalue weighted by molar-refractivity contribution is 0.339. The molecule has 4 nitrogen and oxygen atoms in total. The predicted molar refractivity (Wildman–Crippen MR) is 101 cm³/mol. The fourth-order valence-corrected chi connectivity index (χ4v) is 3.71. The molecular weight excluding hydrogens is 356 g/mol. The highest BCUT2D eigenvalue weighted by Crippen LogP contribution is 2.29. The maximum absolute atomic E-state index is 12.0. The molecule has 0 spiro atoms. The van der Waals surface area contributed by atoms with Crippen LogP contribution in [0.1, 0.15) is 29.5 Å². The van der Waals surface area contributed by atoms with Gasteiger partial charge in [0.1, 0.15) is 0 Å². The molecule has 6 heteroatoms. The maximum atomic E-state index is 12.0. The lowest BCUT2D eigenvalue weighted by atomic mass is 9.86. The topological polar surface area (TPSA) is 61.2 Å². The second-order valence-electron chi connectivity index (χ2n) is 6.19. The number of halogens is 1. The van der Waals surface area contributed by atoms with E-state index in [1.807, 2.05) is 49.4 Å². The van der Waals surface area contributed by atoms with Gasteiger partial charge in [0.2, 0.25) is 10.0 Å². The van der Waals surface area contributed by atoms with Crippen molar-refractivity contribution < 1.29 is 8.42 Å². The third-order valence-corrected chi connectivity index (χ3v) is 6.12. The lowest BCUT2D eigenvalue weighted by Crippen LogP contribution is -2.39. The molecule has 0 unspecified atom stereocenters. The summed E-state index contributed by atoms with van der Waals surface area (Å²) < 4.78 is 25.4. The van der Waals surface area contributed by atoms with Crippen molar-refractivity contribution in [2.45, 2.75) is 25.3 Å². The third kappa shape index (κ3) is 5.05. The third-order valence-electron chi connectivity index (χ3n) is 4.49. The van der Waals surface area contributed by atoms with Gasteiger partial charge >= 0.3 is 0 Å². The lowest BCUT2D eigenvalue weighted by Gasteiger charge is -2.31. The van der Waals surface area contributed by atoms with Crippen LogP contribution in [0, 0.1) is 11.3 Å². The summed E-state index contributed by atoms with van der Waals surface area (Å²) in [5.74, 6) is -0.0887. The van der Waals surface area contributed by atoms with Gasteiger partial charge in [-0.3, -0.25) is 0 Å². The standard InChI is InChI=1S/C19H21ClN2O2S/c1-14(22(2)25(3,23)24)19(12-15-7-9-18(20)10-8-15)17-6-4-5-16(11-17)13-21/h4-11,14,19H,12H2,1-3H3/t14-,19+/m0/s1. The minimum Gasteiger partial charge on any atom is -0.213 e. The number of hydrogen-bond donors (Lipinski definition) is 0. The quantitative estimate of drug-likeness (QED) is 0.769. The average Bonchev–Trinajstić information content (AvgIpc) is 2.59. The van der Waals surface area contributed by atoms with E-state index >= 15 is 0 Å². The Morgan fingerprint density at radius 3 is 2.40 bits per heavy atom. The first-order valence-corrected chi connectivity index (χ1v) is 10.1. The van der Waals surface area contributed by atoms with Gasteiger partial charge in [-0.15, -0.1) is 0 Å². The van der Waals surface area contributed by atoms with E-state index in [0.717, 1.165) is 11.1 Å². The Balaban J connectivity index is 2.43. The molecule has 2 atom stereocenters. The molecule has 2 aromatic rings. The molecule has 0 bridgehead atoms. The molecule has 0 amide bonds. The van der Waals surface area contributed by atoms with E-state index < -0.39 is 10.0 Å². The zero-order chi connectivity index (χ0) is 18.6. The largest absolute Gasteiger partial charge is 0.213 e. The van der Waals surface area contributed by atoms with Crippen molar-refractivity contribution in [1.82, 2.24) is 4.31 Å². The first kappa shape index (κ1) is 19.5. The fourth-order valence-electron chi connectivity index (χ4n) is 2.84. The molecule has 0 saturated carbocycles. The summed E-state index contributed by atoms with van der Waals surface area (Å²) in [5, 5.41) is 9.83. The first-order chi connectivity index (χ1) is 11.7. The van der Waals surface area contributed by atoms with E-state index in [1.54, 1.807) is 13.1 Å². The smallest absolute Gasteiger partial charge is 0.211 e. The Labute approximate surface area is 154 Å². The number of likely N-dealkylation sites (N-methyl/N-ethyl adjacent to an activating group) is 1. The van der Waals surface area contributed by atoms with Crippen molar-refractivity contribution in [2.24, 2.45) is 0 Å². The molecule has 132 valence electrons. The fraction of sp³-hybridized carbons (Fsp3) is 0.316. The number of nitriles is 1. The molecule has 25 heavy (non-hydrogen) atoms. The van der Waals surface area contributed by atoms with Gasteiger partial charge in [0.25, 0.3) is 0 Å². The molecule has 0 saturated heterocycles. The SMILES string of the molecule is C[C@@H]([C@@H](Cc1ccc(Cl)cc1)c1cccc(C#N)c1)N(C)S(C)(=O)=O. The van der Waals surface area contributed by atoms with Crippen LogP contribution in [-0.2, 0) is 16.4 Å². The predicted octanol–water partition coefficient (Wildman–Crippen LogP) is 3.82. The van der Waals surface area contributed by atoms with E-state index in [4.69, 9.17) is 11.6 Å². The Hall–Kier alpha value is -1.87. The van der Waals surface area contributed by atoms with Gasteiger partial charge in [-0.2, -0.15) is 5.26 Å². The van der Waals surface area contributed by atoms with Crippen molar-refractivity contribution in [2.75, 3.05) is 13.3 Å². The van der Waals surface area contributed by atoms with Crippen molar-refractivity contribution in [3.8, 4) is 6.07 Å². The highest BCUT2D eigenvalue weighted by atomic mass is 35.5. The van der Waals surface area contributed by atoms with Crippen LogP contribution in [0.4, 0.5) is 0 Å². The Bertz CT molecular complexity index is 873. The zero-order valence-corrected chi connectivity index (χ0v) is 16.1. The molecule has 0 aliphatic heterocycles. The molecule has 2 aromatic carbocycles. The summed E-state index contributed by atoms with van der Waals surface area (Å²) in [5.41, 5.74) is 2.57. The van der Waals surface area contributed by atoms with E-state index in [1.165, 1.54) is 10.6 Å². The van der Waals surface area contributed by atoms with Crippen LogP contribution in [0.5, 0.6) is 0 Å². The summed E-state index contributed by atoms with van der Waals surface area (Å²) in [7, 11) is -1.74. The van der Waals surface area contributed by atoms with E-state index in [-0.39, 0.29) is 12.0 Å². The average molecular weight is 377 g/mol. The number of nitrogens with zero attached hydrogens (tertiary/aromatic N) is 2. The van der Waals surface area contributed by atoms with Gasteiger partial charge in [0, 0.05) is 24.0 Å². The van der Waals surface area contributed by atoms with Crippen molar-refractivity contribution in [3.05, 3.63) is 70.2 Å². The molecule has 0 aromatic heterocycles. The minimum atomic E-state index is -3.32. The summed E-state index contributed by atoms with van der Waals surface area (Å²) in [6.45, 7) is 1.89. The number of rotatable bonds is 6. The number of benzene rings is 2. The summed E-state index contributed by atoms with van der Waals surface area (Å²) in [6.07, 6.45) is 1.85. The van der Waals surface area contributed by atoms with E-state index in [0.29, 0.717) is 17.0 Å². The highest BCUT2D eigenvalue weighted by Gasteiger charge is 2.28. The molecule has 0 N–H and O–H groups in total. The van der Waals surface area contributed by atoms with Crippen LogP contribution in [0.3, 0.4) is 0 Å². The Morgan fingerprint density at radius 1 is 1.20 bits per heavy atom. The number of sulfonamides is 1. The maximum Gasteiger partial charge on any atom is 0.211 e. The van der Waals surface area contributed by atoms with Crippen LogP contribution in [0.2, 0.25) is 5.02 Å². The summed E-state index contributed by atoms with van der Waals surface area (Å²) >= 11 is 5.95. The minimum absolute atomic E-state index is 0.0887. The van der Waals surface area contributed by atoms with Crippen molar-refractivity contribution >= 4 is 21.6 Å². The van der Waals surface area contributed by atoms with Crippen LogP contribution < -0.4 is 0 Å². The second-order valence-corrected chi connectivity index (χ2v) is 8.67. The monoisotopic (exact) mass is 376 g/mol. The molecule has 0 aliphatic rings. The first-order valence-electron chi connectivity index (χ1n) is 7.90. The van der Waals surface area contributed by atoms with Gasteiger partial charge in [0.15, 0.2) is 0 Å². The van der Waals surface area contributed by atoms with Crippen molar-refractivity contribution in [3.63, 3.8) is 0 Å². The Morgan fingerprint density at radius 2 is 1.84 bits per heavy atom. The zero-order valence-electron chi connectivity index (χ0n) is 14.5. The van der Waals surface area contributed by atoms with Crippen LogP contribution >= 0.6 is 11.6 Å². The van der Waals surface area contributed by atoms with Crippen molar-refractivity contribution in [1.29, 1.82) is 5.26 Å². The van der Waals surface area contributed by atoms with Crippen LogP contribution in [0.25, 0.3) is 0 Å². The highest BCUT2D eigenvalue weighted by molar-refractivity contribution is 7.88. The Kier molecular flexibility index (Phi) is 6.23. The molecule has 2 rings (SSSR count). The molecular formula is C19H21ClN2O2S. The summed E-state index contributed by atoms with van der Waals surface area (Å²) in [4.78, 5) is 0. The van der Waals surface area contributed by atoms with Crippen LogP contribution in [0.15, 0.2) is 48.5 Å². The molecule has 0 heterocycles. The van der Waals surface area contributed by atoms with E-state index in [2.05, 4.69) is 6.07 Å². The van der Waals surface area contributed by atoms with Gasteiger partial charge < -0.3 is 0 Å². The van der Waals surface area contributed by atoms with Gasteiger partial charge in [-0.05, 0) is 48.7 Å². The normalized spacial score (nSPS) is 14.1. The van der Waals surface area contributed by atoms with E-state index in [9.17, 15) is 13.7 Å². The van der Waals surface area contributed by atoms with Gasteiger partial charge in [-0.25, -0.2) is 12.7 Å². The van der Waals surface area contributed by atoms with Gasteiger partial charge in [-0.1, -0.05) is 35.9 Å².